The molecular formula is C20H24F3N3O. The molecule has 2 aliphatic heterocycles. The standard InChI is InChI=1S/C20H24F3N3O/c1-13-9-18(27-2)17(16-3-6-24-19(13)16)12-25-7-4-15(5-8-25)26-10-14(11-26)20(21,22)23/h3-4,6,9,14,24H,5,7-8,10-12H2,1-2H3. The Hall–Kier alpha value is -2.15. The summed E-state index contributed by atoms with van der Waals surface area (Å²) >= 11 is 0. The number of methoxy groups -OCH3 is 1. The van der Waals surface area contributed by atoms with E-state index in [1.165, 1.54) is 0 Å². The number of benzene rings is 1. The zero-order valence-electron chi connectivity index (χ0n) is 15.6. The minimum absolute atomic E-state index is 0.102. The molecule has 0 saturated carbocycles. The molecule has 0 bridgehead atoms. The number of likely N-dealkylation sites (tertiary alicyclic amines) is 1. The number of aromatic amines is 1. The van der Waals surface area contributed by atoms with Gasteiger partial charge in [-0.2, -0.15) is 13.2 Å². The lowest BCUT2D eigenvalue weighted by Gasteiger charge is -2.44. The third-order valence-corrected chi connectivity index (χ3v) is 5.73. The first-order chi connectivity index (χ1) is 12.9. The number of rotatable bonds is 4. The number of hydrogen-bond acceptors (Lipinski definition) is 3. The largest absolute Gasteiger partial charge is 0.496 e. The number of nitrogens with one attached hydrogen (secondary N) is 1. The van der Waals surface area contributed by atoms with Gasteiger partial charge in [-0.25, -0.2) is 0 Å². The lowest BCUT2D eigenvalue weighted by atomic mass is 9.97. The van der Waals surface area contributed by atoms with Crippen molar-refractivity contribution in [2.45, 2.75) is 26.1 Å². The fourth-order valence-corrected chi connectivity index (χ4v) is 4.06. The van der Waals surface area contributed by atoms with Gasteiger partial charge < -0.3 is 14.6 Å². The third-order valence-electron chi connectivity index (χ3n) is 5.73. The van der Waals surface area contributed by atoms with Crippen molar-refractivity contribution in [3.8, 4) is 5.75 Å². The average Bonchev–Trinajstić information content (AvgIpc) is 3.06. The maximum atomic E-state index is 12.7. The van der Waals surface area contributed by atoms with E-state index < -0.39 is 12.1 Å². The highest BCUT2D eigenvalue weighted by Crippen LogP contribution is 2.37. The molecule has 1 N–H and O–H groups in total. The molecule has 1 fully saturated rings. The number of aromatic nitrogens is 1. The molecule has 7 heteroatoms. The van der Waals surface area contributed by atoms with Crippen molar-refractivity contribution >= 4 is 10.9 Å². The Morgan fingerprint density at radius 3 is 2.70 bits per heavy atom. The highest BCUT2D eigenvalue weighted by atomic mass is 19.4. The molecule has 0 amide bonds. The Morgan fingerprint density at radius 1 is 1.30 bits per heavy atom. The van der Waals surface area contributed by atoms with E-state index in [2.05, 4.69) is 35.0 Å². The molecule has 27 heavy (non-hydrogen) atoms. The molecule has 1 saturated heterocycles. The van der Waals surface area contributed by atoms with Crippen molar-refractivity contribution in [2.75, 3.05) is 33.3 Å². The highest BCUT2D eigenvalue weighted by Gasteiger charge is 2.47. The Balaban J connectivity index is 1.44. The summed E-state index contributed by atoms with van der Waals surface area (Å²) in [6.07, 6.45) is 0.734. The topological polar surface area (TPSA) is 31.5 Å². The van der Waals surface area contributed by atoms with Crippen molar-refractivity contribution in [3.63, 3.8) is 0 Å². The predicted octanol–water partition coefficient (Wildman–Crippen LogP) is 4.07. The number of alkyl halides is 3. The molecule has 3 heterocycles. The first kappa shape index (κ1) is 18.2. The number of halogens is 3. The lowest BCUT2D eigenvalue weighted by Crippen LogP contribution is -2.53. The van der Waals surface area contributed by atoms with Crippen molar-refractivity contribution in [1.29, 1.82) is 0 Å². The summed E-state index contributed by atoms with van der Waals surface area (Å²) in [6.45, 7) is 4.60. The average molecular weight is 379 g/mol. The maximum Gasteiger partial charge on any atom is 0.395 e. The second-order valence-electron chi connectivity index (χ2n) is 7.46. The van der Waals surface area contributed by atoms with Gasteiger partial charge in [0.2, 0.25) is 0 Å². The van der Waals surface area contributed by atoms with Crippen LogP contribution in [0.3, 0.4) is 0 Å². The Kier molecular flexibility index (Phi) is 4.58. The number of nitrogens with zero attached hydrogens (tertiary/aromatic N) is 2. The molecule has 0 aliphatic carbocycles. The Morgan fingerprint density at radius 2 is 2.07 bits per heavy atom. The highest BCUT2D eigenvalue weighted by molar-refractivity contribution is 5.88. The van der Waals surface area contributed by atoms with Crippen LogP contribution >= 0.6 is 0 Å². The summed E-state index contributed by atoms with van der Waals surface area (Å²) in [7, 11) is 1.69. The molecule has 2 aliphatic rings. The van der Waals surface area contributed by atoms with Gasteiger partial charge in [0.25, 0.3) is 0 Å². The molecule has 0 atom stereocenters. The van der Waals surface area contributed by atoms with Crippen LogP contribution in [0.25, 0.3) is 10.9 Å². The molecule has 1 aromatic carbocycles. The minimum atomic E-state index is -4.07. The quantitative estimate of drug-likeness (QED) is 0.869. The van der Waals surface area contributed by atoms with E-state index in [1.54, 1.807) is 7.11 Å². The summed E-state index contributed by atoms with van der Waals surface area (Å²) in [5.41, 5.74) is 4.47. The van der Waals surface area contributed by atoms with Crippen LogP contribution in [0.5, 0.6) is 5.75 Å². The third kappa shape index (κ3) is 3.40. The van der Waals surface area contributed by atoms with Gasteiger partial charge in [-0.3, -0.25) is 4.90 Å². The summed E-state index contributed by atoms with van der Waals surface area (Å²) in [5.74, 6) is -0.291. The van der Waals surface area contributed by atoms with Crippen LogP contribution in [0, 0.1) is 12.8 Å². The number of aryl methyl sites for hydroxylation is 1. The van der Waals surface area contributed by atoms with Crippen molar-refractivity contribution in [2.24, 2.45) is 5.92 Å². The van der Waals surface area contributed by atoms with Crippen molar-refractivity contribution < 1.29 is 17.9 Å². The van der Waals surface area contributed by atoms with Crippen molar-refractivity contribution in [3.05, 3.63) is 41.2 Å². The second kappa shape index (κ2) is 6.78. The van der Waals surface area contributed by atoms with Gasteiger partial charge in [0.05, 0.1) is 13.0 Å². The van der Waals surface area contributed by atoms with E-state index in [0.717, 1.165) is 59.5 Å². The molecule has 1 aromatic heterocycles. The minimum Gasteiger partial charge on any atom is -0.496 e. The molecule has 146 valence electrons. The normalized spacial score (nSPS) is 19.3. The predicted molar refractivity (Wildman–Crippen MR) is 98.7 cm³/mol. The van der Waals surface area contributed by atoms with Crippen LogP contribution in [0.2, 0.25) is 0 Å². The van der Waals surface area contributed by atoms with E-state index >= 15 is 0 Å². The van der Waals surface area contributed by atoms with Crippen LogP contribution < -0.4 is 4.74 Å². The molecule has 0 radical (unpaired) electrons. The number of hydrogen-bond donors (Lipinski definition) is 1. The first-order valence-electron chi connectivity index (χ1n) is 9.23. The summed E-state index contributed by atoms with van der Waals surface area (Å²) in [6, 6.07) is 4.12. The molecule has 4 nitrogen and oxygen atoms in total. The monoisotopic (exact) mass is 379 g/mol. The van der Waals surface area contributed by atoms with Crippen LogP contribution in [0.15, 0.2) is 30.1 Å². The van der Waals surface area contributed by atoms with Gasteiger partial charge in [0.1, 0.15) is 5.75 Å². The van der Waals surface area contributed by atoms with Crippen LogP contribution in [-0.4, -0.2) is 54.2 Å². The fraction of sp³-hybridized carbons (Fsp3) is 0.500. The second-order valence-corrected chi connectivity index (χ2v) is 7.46. The smallest absolute Gasteiger partial charge is 0.395 e. The van der Waals surface area contributed by atoms with Gasteiger partial charge in [-0.05, 0) is 31.0 Å². The van der Waals surface area contributed by atoms with Crippen molar-refractivity contribution in [1.82, 2.24) is 14.8 Å². The SMILES string of the molecule is COc1cc(C)c2[nH]ccc2c1CN1CC=C(N2CC(C(F)(F)F)C2)CC1. The number of fused-ring (bicyclic) bond motifs is 1. The van der Waals surface area contributed by atoms with Crippen LogP contribution in [0.4, 0.5) is 13.2 Å². The van der Waals surface area contributed by atoms with Gasteiger partial charge in [0.15, 0.2) is 0 Å². The van der Waals surface area contributed by atoms with E-state index in [1.807, 2.05) is 11.1 Å². The van der Waals surface area contributed by atoms with Crippen LogP contribution in [-0.2, 0) is 6.54 Å². The zero-order chi connectivity index (χ0) is 19.2. The van der Waals surface area contributed by atoms with Gasteiger partial charge in [-0.15, -0.1) is 0 Å². The maximum absolute atomic E-state index is 12.7. The number of ether oxygens (including phenoxy) is 1. The van der Waals surface area contributed by atoms with E-state index in [0.29, 0.717) is 0 Å². The molecule has 0 spiro atoms. The Bertz CT molecular complexity index is 865. The molecule has 2 aromatic rings. The van der Waals surface area contributed by atoms with E-state index in [-0.39, 0.29) is 13.1 Å². The summed E-state index contributed by atoms with van der Waals surface area (Å²) in [5, 5.41) is 1.16. The molecular weight excluding hydrogens is 355 g/mol. The van der Waals surface area contributed by atoms with Crippen LogP contribution in [0.1, 0.15) is 17.5 Å². The number of H-pyrrole nitrogens is 1. The first-order valence-corrected chi connectivity index (χ1v) is 9.23. The fourth-order valence-electron chi connectivity index (χ4n) is 4.06. The van der Waals surface area contributed by atoms with E-state index in [4.69, 9.17) is 4.74 Å². The summed E-state index contributed by atoms with van der Waals surface area (Å²) < 4.78 is 43.6. The Labute approximate surface area is 156 Å². The van der Waals surface area contributed by atoms with Gasteiger partial charge in [-0.1, -0.05) is 6.08 Å². The lowest BCUT2D eigenvalue weighted by molar-refractivity contribution is -0.205. The summed E-state index contributed by atoms with van der Waals surface area (Å²) in [4.78, 5) is 7.46. The zero-order valence-corrected chi connectivity index (χ0v) is 15.6. The molecule has 4 rings (SSSR count). The molecule has 0 unspecified atom stereocenters. The van der Waals surface area contributed by atoms with E-state index in [9.17, 15) is 13.2 Å². The van der Waals surface area contributed by atoms with Gasteiger partial charge in [0, 0.05) is 61.1 Å². The van der Waals surface area contributed by atoms with Gasteiger partial charge >= 0.3 is 6.18 Å².